The lowest BCUT2D eigenvalue weighted by molar-refractivity contribution is -0.141. The first kappa shape index (κ1) is 17.1. The third-order valence-corrected chi connectivity index (χ3v) is 5.08. The molecular weight excluding hydrogens is 276 g/mol. The van der Waals surface area contributed by atoms with Crippen molar-refractivity contribution in [2.45, 2.75) is 44.1 Å². The summed E-state index contributed by atoms with van der Waals surface area (Å²) in [6, 6.07) is 0. The zero-order chi connectivity index (χ0) is 16.0. The molecule has 0 unspecified atom stereocenters. The van der Waals surface area contributed by atoms with Crippen molar-refractivity contribution in [3.8, 4) is 0 Å². The van der Waals surface area contributed by atoms with E-state index in [9.17, 15) is 9.59 Å². The maximum Gasteiger partial charge on any atom is 0.183 e. The number of piperidine rings is 2. The average Bonchev–Trinajstić information content (AvgIpc) is 2.59. The topological polar surface area (TPSA) is 40.6 Å². The van der Waals surface area contributed by atoms with E-state index in [4.69, 9.17) is 0 Å². The lowest BCUT2D eigenvalue weighted by Crippen LogP contribution is -2.62. The first-order valence-corrected chi connectivity index (χ1v) is 8.46. The van der Waals surface area contributed by atoms with Crippen molar-refractivity contribution in [3.05, 3.63) is 25.3 Å². The highest BCUT2D eigenvalue weighted by atomic mass is 16.2. The minimum Gasteiger partial charge on any atom is -0.302 e. The van der Waals surface area contributed by atoms with E-state index < -0.39 is 5.54 Å². The molecule has 2 aliphatic heterocycles. The second kappa shape index (κ2) is 7.84. The molecule has 2 rings (SSSR count). The van der Waals surface area contributed by atoms with Gasteiger partial charge in [0, 0.05) is 13.1 Å². The quantitative estimate of drug-likeness (QED) is 0.534. The van der Waals surface area contributed by atoms with Gasteiger partial charge in [0.1, 0.15) is 5.54 Å². The second-order valence-electron chi connectivity index (χ2n) is 6.34. The Labute approximate surface area is 133 Å². The molecule has 0 N–H and O–H groups in total. The van der Waals surface area contributed by atoms with Crippen molar-refractivity contribution in [3.63, 3.8) is 0 Å². The van der Waals surface area contributed by atoms with Gasteiger partial charge in [0.15, 0.2) is 11.6 Å². The van der Waals surface area contributed by atoms with Crippen LogP contribution in [-0.4, -0.2) is 59.6 Å². The summed E-state index contributed by atoms with van der Waals surface area (Å²) in [6.45, 7) is 12.0. The van der Waals surface area contributed by atoms with Gasteiger partial charge in [-0.05, 0) is 63.9 Å². The van der Waals surface area contributed by atoms with Crippen LogP contribution >= 0.6 is 0 Å². The van der Waals surface area contributed by atoms with Crippen LogP contribution in [0.4, 0.5) is 0 Å². The Bertz CT molecular complexity index is 418. The standard InChI is InChI=1S/C18H28N2O2/c1-3-16(21)18(17(22)4-2)10-6-9-13-20(18)15-14-19-11-7-5-8-12-19/h3-4H,1-2,5-15H2. The summed E-state index contributed by atoms with van der Waals surface area (Å²) < 4.78 is 0. The van der Waals surface area contributed by atoms with Crippen LogP contribution in [0.25, 0.3) is 0 Å². The van der Waals surface area contributed by atoms with Crippen molar-refractivity contribution in [2.75, 3.05) is 32.7 Å². The maximum absolute atomic E-state index is 12.5. The van der Waals surface area contributed by atoms with E-state index in [0.717, 1.165) is 45.6 Å². The summed E-state index contributed by atoms with van der Waals surface area (Å²) in [6.07, 6.45) is 8.96. The molecule has 4 nitrogen and oxygen atoms in total. The Kier molecular flexibility index (Phi) is 6.09. The predicted molar refractivity (Wildman–Crippen MR) is 88.9 cm³/mol. The summed E-state index contributed by atoms with van der Waals surface area (Å²) in [4.78, 5) is 29.5. The normalized spacial score (nSPS) is 22.9. The van der Waals surface area contributed by atoms with E-state index in [2.05, 4.69) is 23.0 Å². The van der Waals surface area contributed by atoms with Gasteiger partial charge in [0.2, 0.25) is 0 Å². The lowest BCUT2D eigenvalue weighted by Gasteiger charge is -2.44. The number of rotatable bonds is 7. The highest BCUT2D eigenvalue weighted by Gasteiger charge is 2.48. The smallest absolute Gasteiger partial charge is 0.183 e. The molecule has 0 radical (unpaired) electrons. The summed E-state index contributed by atoms with van der Waals surface area (Å²) >= 11 is 0. The van der Waals surface area contributed by atoms with Crippen LogP contribution in [0.1, 0.15) is 38.5 Å². The number of carbonyl (C=O) groups excluding carboxylic acids is 2. The van der Waals surface area contributed by atoms with Gasteiger partial charge in [-0.25, -0.2) is 0 Å². The van der Waals surface area contributed by atoms with Gasteiger partial charge in [0.05, 0.1) is 0 Å². The first-order valence-electron chi connectivity index (χ1n) is 8.46. The zero-order valence-electron chi connectivity index (χ0n) is 13.6. The van der Waals surface area contributed by atoms with E-state index in [0.29, 0.717) is 6.42 Å². The molecule has 122 valence electrons. The molecule has 2 aliphatic rings. The molecule has 0 saturated carbocycles. The number of likely N-dealkylation sites (tertiary alicyclic amines) is 2. The Morgan fingerprint density at radius 2 is 1.45 bits per heavy atom. The molecule has 2 saturated heterocycles. The Hall–Kier alpha value is -1.26. The molecule has 0 atom stereocenters. The van der Waals surface area contributed by atoms with E-state index >= 15 is 0 Å². The predicted octanol–water partition coefficient (Wildman–Crippen LogP) is 2.21. The van der Waals surface area contributed by atoms with Gasteiger partial charge in [-0.15, -0.1) is 0 Å². The minimum atomic E-state index is -1.04. The molecule has 0 spiro atoms. The number of hydrogen-bond donors (Lipinski definition) is 0. The van der Waals surface area contributed by atoms with Crippen LogP contribution in [0.15, 0.2) is 25.3 Å². The van der Waals surface area contributed by atoms with Gasteiger partial charge in [0.25, 0.3) is 0 Å². The summed E-state index contributed by atoms with van der Waals surface area (Å²) in [5, 5.41) is 0. The number of hydrogen-bond acceptors (Lipinski definition) is 4. The Balaban J connectivity index is 2.13. The molecule has 0 aromatic rings. The second-order valence-corrected chi connectivity index (χ2v) is 6.34. The van der Waals surface area contributed by atoms with E-state index in [1.165, 1.54) is 31.4 Å². The monoisotopic (exact) mass is 304 g/mol. The molecule has 0 aromatic carbocycles. The fraction of sp³-hybridized carbons (Fsp3) is 0.667. The molecule has 2 heterocycles. The third-order valence-electron chi connectivity index (χ3n) is 5.08. The van der Waals surface area contributed by atoms with Gasteiger partial charge >= 0.3 is 0 Å². The minimum absolute atomic E-state index is 0.171. The van der Waals surface area contributed by atoms with Gasteiger partial charge in [-0.3, -0.25) is 14.5 Å². The van der Waals surface area contributed by atoms with Gasteiger partial charge < -0.3 is 4.90 Å². The van der Waals surface area contributed by atoms with Crippen molar-refractivity contribution in [1.29, 1.82) is 0 Å². The molecule has 0 aliphatic carbocycles. The van der Waals surface area contributed by atoms with Crippen LogP contribution in [0.5, 0.6) is 0 Å². The highest BCUT2D eigenvalue weighted by Crippen LogP contribution is 2.31. The summed E-state index contributed by atoms with van der Waals surface area (Å²) in [5.41, 5.74) is -1.04. The van der Waals surface area contributed by atoms with Crippen molar-refractivity contribution in [2.24, 2.45) is 0 Å². The third kappa shape index (κ3) is 3.39. The number of nitrogens with zero attached hydrogens (tertiary/aromatic N) is 2. The molecular formula is C18H28N2O2. The maximum atomic E-state index is 12.5. The van der Waals surface area contributed by atoms with Gasteiger partial charge in [-0.1, -0.05) is 19.6 Å². The zero-order valence-corrected chi connectivity index (χ0v) is 13.6. The Morgan fingerprint density at radius 3 is 2.05 bits per heavy atom. The van der Waals surface area contributed by atoms with Crippen molar-refractivity contribution >= 4 is 11.6 Å². The largest absolute Gasteiger partial charge is 0.302 e. The van der Waals surface area contributed by atoms with E-state index in [1.807, 2.05) is 0 Å². The summed E-state index contributed by atoms with van der Waals surface area (Å²) in [7, 11) is 0. The Morgan fingerprint density at radius 1 is 0.864 bits per heavy atom. The van der Waals surface area contributed by atoms with Crippen LogP contribution in [0.3, 0.4) is 0 Å². The summed E-state index contributed by atoms with van der Waals surface area (Å²) in [5.74, 6) is -0.341. The number of ketones is 2. The molecule has 2 fully saturated rings. The number of carbonyl (C=O) groups is 2. The molecule has 4 heteroatoms. The fourth-order valence-corrected chi connectivity index (χ4v) is 3.80. The molecule has 22 heavy (non-hydrogen) atoms. The average molecular weight is 304 g/mol. The first-order chi connectivity index (χ1) is 10.6. The van der Waals surface area contributed by atoms with Crippen molar-refractivity contribution < 1.29 is 9.59 Å². The van der Waals surface area contributed by atoms with E-state index in [1.54, 1.807) is 0 Å². The molecule has 0 aromatic heterocycles. The van der Waals surface area contributed by atoms with Crippen LogP contribution in [0.2, 0.25) is 0 Å². The SMILES string of the molecule is C=CC(=O)C1(C(=O)C=C)CCCCN1CCN1CCCCC1. The van der Waals surface area contributed by atoms with Crippen LogP contribution in [0, 0.1) is 0 Å². The van der Waals surface area contributed by atoms with Gasteiger partial charge in [-0.2, -0.15) is 0 Å². The lowest BCUT2D eigenvalue weighted by atomic mass is 9.79. The molecule has 0 amide bonds. The highest BCUT2D eigenvalue weighted by molar-refractivity contribution is 6.19. The molecule has 0 bridgehead atoms. The van der Waals surface area contributed by atoms with Crippen LogP contribution in [-0.2, 0) is 9.59 Å². The van der Waals surface area contributed by atoms with Crippen molar-refractivity contribution in [1.82, 2.24) is 9.80 Å². The fourth-order valence-electron chi connectivity index (χ4n) is 3.80. The van der Waals surface area contributed by atoms with E-state index in [-0.39, 0.29) is 11.6 Å². The van der Waals surface area contributed by atoms with Crippen LogP contribution < -0.4 is 0 Å².